The number of carbonyl (C=O) groups excluding carboxylic acids is 1. The Morgan fingerprint density at radius 2 is 1.68 bits per heavy atom. The zero-order chi connectivity index (χ0) is 27.8. The van der Waals surface area contributed by atoms with Crippen LogP contribution in [0.4, 0.5) is 0 Å². The molecule has 3 fully saturated rings. The lowest BCUT2D eigenvalue weighted by Crippen LogP contribution is -2.68. The molecule has 37 heavy (non-hydrogen) atoms. The molecule has 0 aromatic carbocycles. The van der Waals surface area contributed by atoms with E-state index in [1.807, 2.05) is 0 Å². The van der Waals surface area contributed by atoms with E-state index in [2.05, 4.69) is 10.3 Å². The van der Waals surface area contributed by atoms with Crippen molar-refractivity contribution in [3.05, 3.63) is 0 Å². The quantitative estimate of drug-likeness (QED) is 0.0775. The van der Waals surface area contributed by atoms with Gasteiger partial charge in [-0.25, -0.2) is 4.99 Å². The summed E-state index contributed by atoms with van der Waals surface area (Å²) in [5, 5.41) is 75.5. The van der Waals surface area contributed by atoms with Crippen LogP contribution in [0.1, 0.15) is 6.92 Å². The molecule has 3 rings (SSSR count). The van der Waals surface area contributed by atoms with Gasteiger partial charge in [0.25, 0.3) is 0 Å². The van der Waals surface area contributed by atoms with Gasteiger partial charge in [0.2, 0.25) is 0 Å². The second-order valence-electron chi connectivity index (χ2n) is 9.42. The normalized spacial score (nSPS) is 50.5. The number of ether oxygens (including phenoxy) is 4. The average Bonchev–Trinajstić information content (AvgIpc) is 3.09. The summed E-state index contributed by atoms with van der Waals surface area (Å²) in [5.41, 5.74) is 14.3. The Hall–Kier alpha value is -1.58. The van der Waals surface area contributed by atoms with Gasteiger partial charge in [0.1, 0.15) is 48.8 Å². The van der Waals surface area contributed by atoms with E-state index in [4.69, 9.17) is 36.1 Å². The highest BCUT2D eigenvalue weighted by Crippen LogP contribution is 2.38. The number of guanidine groups is 1. The van der Waals surface area contributed by atoms with Crippen molar-refractivity contribution >= 4 is 12.2 Å². The molecule has 0 aromatic rings. The van der Waals surface area contributed by atoms with Gasteiger partial charge in [0.15, 0.2) is 30.4 Å². The summed E-state index contributed by atoms with van der Waals surface area (Å²) in [4.78, 5) is 15.8. The van der Waals surface area contributed by atoms with Crippen molar-refractivity contribution in [3.63, 3.8) is 0 Å². The van der Waals surface area contributed by atoms with E-state index in [0.29, 0.717) is 0 Å². The first-order valence-corrected chi connectivity index (χ1v) is 11.7. The first kappa shape index (κ1) is 30.0. The van der Waals surface area contributed by atoms with Gasteiger partial charge in [0.05, 0.1) is 30.9 Å². The van der Waals surface area contributed by atoms with Gasteiger partial charge in [-0.15, -0.1) is 0 Å². The molecule has 0 spiro atoms. The fourth-order valence-corrected chi connectivity index (χ4v) is 4.81. The number of rotatable bonds is 8. The highest BCUT2D eigenvalue weighted by molar-refractivity contribution is 5.76. The van der Waals surface area contributed by atoms with Crippen LogP contribution in [-0.4, -0.2) is 153 Å². The maximum Gasteiger partial charge on any atom is 0.188 e. The highest BCUT2D eigenvalue weighted by Gasteiger charge is 2.60. The van der Waals surface area contributed by atoms with Gasteiger partial charge in [0, 0.05) is 0 Å². The Balaban J connectivity index is 1.94. The highest BCUT2D eigenvalue weighted by atomic mass is 16.8. The molecule has 214 valence electrons. The fraction of sp³-hybridized carbons (Fsp3) is 0.900. The van der Waals surface area contributed by atoms with Crippen LogP contribution in [0.2, 0.25) is 0 Å². The van der Waals surface area contributed by atoms with Gasteiger partial charge in [-0.05, 0) is 14.0 Å². The number of nitrogens with two attached hydrogens (primary N) is 3. The molecule has 2 heterocycles. The molecule has 0 aromatic heterocycles. The van der Waals surface area contributed by atoms with Gasteiger partial charge in [-0.2, -0.15) is 0 Å². The lowest BCUT2D eigenvalue weighted by atomic mass is 9.82. The van der Waals surface area contributed by atoms with Crippen LogP contribution >= 0.6 is 0 Å². The van der Waals surface area contributed by atoms with Crippen LogP contribution in [0.5, 0.6) is 0 Å². The van der Waals surface area contributed by atoms with E-state index in [0.717, 1.165) is 0 Å². The minimum absolute atomic E-state index is 0.155. The fourth-order valence-electron chi connectivity index (χ4n) is 4.81. The Bertz CT molecular complexity index is 823. The predicted molar refractivity (Wildman–Crippen MR) is 121 cm³/mol. The molecule has 2 aliphatic heterocycles. The lowest BCUT2D eigenvalue weighted by molar-refractivity contribution is -0.314. The van der Waals surface area contributed by atoms with Crippen LogP contribution in [-0.2, 0) is 23.7 Å². The van der Waals surface area contributed by atoms with E-state index < -0.39 is 104 Å². The Morgan fingerprint density at radius 1 is 1.03 bits per heavy atom. The molecular formula is C20H37N5O12. The maximum atomic E-state index is 12.0. The Morgan fingerprint density at radius 3 is 2.22 bits per heavy atom. The largest absolute Gasteiger partial charge is 0.394 e. The van der Waals surface area contributed by atoms with E-state index in [1.54, 1.807) is 0 Å². The van der Waals surface area contributed by atoms with Gasteiger partial charge >= 0.3 is 0 Å². The minimum Gasteiger partial charge on any atom is -0.394 e. The van der Waals surface area contributed by atoms with E-state index in [9.17, 15) is 40.5 Å². The number of carbonyl (C=O) groups is 1. The average molecular weight is 540 g/mol. The van der Waals surface area contributed by atoms with Crippen LogP contribution < -0.4 is 22.5 Å². The summed E-state index contributed by atoms with van der Waals surface area (Å²) in [5.74, 6) is -0.485. The van der Waals surface area contributed by atoms with Gasteiger partial charge < -0.3 is 77.2 Å². The molecule has 2 saturated heterocycles. The summed E-state index contributed by atoms with van der Waals surface area (Å²) in [6, 6.07) is -3.84. The number of aliphatic hydroxyl groups excluding tert-OH is 6. The van der Waals surface area contributed by atoms with Gasteiger partial charge in [-0.3, -0.25) is 4.79 Å². The molecule has 17 heteroatoms. The standard InChI is InChI=1S/C20H37N5O12/c1-5-20(33,4-27)16(37-17-9(24-2)13(31)10(28)6(3-26)35-17)18(34-5)36-15-8(25-19(22)23)11(29)7(21)12(30)14(15)32/h4-18,24,26,28-33H,3,21H2,1-2H3,(H4,22,23,25). The SMILES string of the molecule is CNC1C(OC2C(OC3C(O)C(O)C(N)C(O)C3N=C(N)N)OC(C)C2(O)C=O)OC(CO)C(O)C1O. The zero-order valence-corrected chi connectivity index (χ0v) is 20.2. The molecule has 17 nitrogen and oxygen atoms in total. The van der Waals surface area contributed by atoms with Crippen LogP contribution in [0.25, 0.3) is 0 Å². The summed E-state index contributed by atoms with van der Waals surface area (Å²) in [6.45, 7) is 0.652. The first-order chi connectivity index (χ1) is 17.3. The summed E-state index contributed by atoms with van der Waals surface area (Å²) in [6.07, 6.45) is -16.7. The Labute approximate surface area is 211 Å². The molecule has 15 unspecified atom stereocenters. The minimum atomic E-state index is -2.35. The molecular weight excluding hydrogens is 502 g/mol. The third kappa shape index (κ3) is 5.46. The summed E-state index contributed by atoms with van der Waals surface area (Å²) < 4.78 is 22.8. The zero-order valence-electron chi connectivity index (χ0n) is 20.2. The van der Waals surface area contributed by atoms with E-state index in [1.165, 1.54) is 14.0 Å². The predicted octanol–water partition coefficient (Wildman–Crippen LogP) is -7.48. The molecule has 15 atom stereocenters. The maximum absolute atomic E-state index is 12.0. The number of hydrogen-bond donors (Lipinski definition) is 11. The van der Waals surface area contributed by atoms with Crippen molar-refractivity contribution in [2.45, 2.75) is 98.2 Å². The second-order valence-corrected chi connectivity index (χ2v) is 9.42. The molecule has 0 amide bonds. The van der Waals surface area contributed by atoms with E-state index in [-0.39, 0.29) is 6.29 Å². The molecule has 1 saturated carbocycles. The number of likely N-dealkylation sites (N-methyl/N-ethyl adjacent to an activating group) is 1. The van der Waals surface area contributed by atoms with Crippen molar-refractivity contribution in [1.29, 1.82) is 0 Å². The number of aliphatic hydroxyl groups is 7. The molecule has 14 N–H and O–H groups in total. The smallest absolute Gasteiger partial charge is 0.188 e. The lowest BCUT2D eigenvalue weighted by Gasteiger charge is -2.45. The molecule has 1 aliphatic carbocycles. The van der Waals surface area contributed by atoms with Crippen molar-refractivity contribution in [1.82, 2.24) is 5.32 Å². The van der Waals surface area contributed by atoms with E-state index >= 15 is 0 Å². The molecule has 0 radical (unpaired) electrons. The third-order valence-electron chi connectivity index (χ3n) is 7.13. The summed E-state index contributed by atoms with van der Waals surface area (Å²) in [7, 11) is 1.43. The summed E-state index contributed by atoms with van der Waals surface area (Å²) >= 11 is 0. The van der Waals surface area contributed by atoms with Crippen LogP contribution in [0.15, 0.2) is 4.99 Å². The number of aldehydes is 1. The van der Waals surface area contributed by atoms with Crippen LogP contribution in [0.3, 0.4) is 0 Å². The number of nitrogens with one attached hydrogen (secondary N) is 1. The van der Waals surface area contributed by atoms with Crippen molar-refractivity contribution < 1.29 is 59.5 Å². The molecule has 0 bridgehead atoms. The topological polar surface area (TPSA) is 298 Å². The monoisotopic (exact) mass is 539 g/mol. The first-order valence-electron chi connectivity index (χ1n) is 11.7. The Kier molecular flexibility index (Phi) is 9.44. The number of aliphatic imine (C=N–C) groups is 1. The number of nitrogens with zero attached hydrogens (tertiary/aromatic N) is 1. The second kappa shape index (κ2) is 11.7. The van der Waals surface area contributed by atoms with Crippen LogP contribution in [0, 0.1) is 0 Å². The van der Waals surface area contributed by atoms with Crippen molar-refractivity contribution in [2.24, 2.45) is 22.2 Å². The third-order valence-corrected chi connectivity index (χ3v) is 7.13. The molecule has 3 aliphatic rings. The van der Waals surface area contributed by atoms with Gasteiger partial charge in [-0.1, -0.05) is 0 Å². The number of hydrogen-bond acceptors (Lipinski definition) is 15. The van der Waals surface area contributed by atoms with Crippen molar-refractivity contribution in [2.75, 3.05) is 13.7 Å². The van der Waals surface area contributed by atoms with Crippen molar-refractivity contribution in [3.8, 4) is 0 Å².